The van der Waals surface area contributed by atoms with Crippen LogP contribution in [0.4, 0.5) is 0 Å². The van der Waals surface area contributed by atoms with Gasteiger partial charge in [-0.3, -0.25) is 4.79 Å². The van der Waals surface area contributed by atoms with E-state index in [0.717, 1.165) is 13.1 Å². The molecule has 1 aliphatic rings. The molecule has 0 aromatic carbocycles. The van der Waals surface area contributed by atoms with Crippen LogP contribution in [0.5, 0.6) is 0 Å². The summed E-state index contributed by atoms with van der Waals surface area (Å²) in [6.45, 7) is 1.84. The fourth-order valence-electron chi connectivity index (χ4n) is 1.24. The Bertz CT molecular complexity index is 180. The lowest BCUT2D eigenvalue weighted by atomic mass is 10.3. The van der Waals surface area contributed by atoms with Gasteiger partial charge >= 0.3 is 0 Å². The van der Waals surface area contributed by atoms with E-state index in [9.17, 15) is 4.79 Å². The van der Waals surface area contributed by atoms with Gasteiger partial charge in [0.25, 0.3) is 0 Å². The summed E-state index contributed by atoms with van der Waals surface area (Å²) in [6.07, 6.45) is 5.39. The van der Waals surface area contributed by atoms with E-state index in [1.54, 1.807) is 7.05 Å². The van der Waals surface area contributed by atoms with Crippen LogP contribution >= 0.6 is 11.8 Å². The van der Waals surface area contributed by atoms with Crippen LogP contribution in [-0.2, 0) is 4.79 Å². The molecule has 0 saturated heterocycles. The molecular weight excluding hydrogens is 184 g/mol. The van der Waals surface area contributed by atoms with Gasteiger partial charge in [-0.1, -0.05) is 0 Å². The van der Waals surface area contributed by atoms with Crippen molar-refractivity contribution >= 4 is 17.7 Å². The first kappa shape index (κ1) is 10.9. The van der Waals surface area contributed by atoms with Gasteiger partial charge in [0.05, 0.1) is 0 Å². The first-order valence-electron chi connectivity index (χ1n) is 4.69. The second kappa shape index (κ2) is 4.86. The number of hydrogen-bond donors (Lipinski definition) is 2. The van der Waals surface area contributed by atoms with E-state index in [4.69, 9.17) is 0 Å². The Morgan fingerprint density at radius 1 is 1.54 bits per heavy atom. The highest BCUT2D eigenvalue weighted by atomic mass is 32.2. The Hall–Kier alpha value is -0.220. The lowest BCUT2D eigenvalue weighted by Crippen LogP contribution is -2.30. The number of amides is 1. The molecule has 0 unspecified atom stereocenters. The summed E-state index contributed by atoms with van der Waals surface area (Å²) in [5, 5.41) is 5.93. The smallest absolute Gasteiger partial charge is 0.221 e. The largest absolute Gasteiger partial charge is 0.359 e. The zero-order chi connectivity index (χ0) is 9.73. The molecular formula is C9H18N2OS. The molecule has 0 radical (unpaired) electrons. The molecule has 0 aromatic rings. The van der Waals surface area contributed by atoms with Crippen LogP contribution in [0.25, 0.3) is 0 Å². The molecule has 0 aromatic heterocycles. The van der Waals surface area contributed by atoms with Crippen LogP contribution in [0.15, 0.2) is 0 Å². The normalized spacial score (nSPS) is 18.3. The predicted octanol–water partition coefficient (Wildman–Crippen LogP) is 0.608. The van der Waals surface area contributed by atoms with Crippen molar-refractivity contribution in [3.8, 4) is 0 Å². The first-order chi connectivity index (χ1) is 6.22. The van der Waals surface area contributed by atoms with E-state index in [-0.39, 0.29) is 5.91 Å². The minimum Gasteiger partial charge on any atom is -0.359 e. The Balaban J connectivity index is 1.98. The molecule has 1 rings (SSSR count). The van der Waals surface area contributed by atoms with Crippen LogP contribution in [0, 0.1) is 0 Å². The number of thioether (sulfide) groups is 1. The van der Waals surface area contributed by atoms with Crippen LogP contribution < -0.4 is 10.6 Å². The number of nitrogens with one attached hydrogen (secondary N) is 2. The third-order valence-electron chi connectivity index (χ3n) is 2.50. The van der Waals surface area contributed by atoms with Crippen LogP contribution in [0.1, 0.15) is 19.3 Å². The van der Waals surface area contributed by atoms with Crippen molar-refractivity contribution in [2.24, 2.45) is 0 Å². The SMILES string of the molecule is CNC(=O)CCNCC1(SC)CC1. The van der Waals surface area contributed by atoms with Crippen molar-refractivity contribution in [1.82, 2.24) is 10.6 Å². The number of hydrogen-bond acceptors (Lipinski definition) is 3. The molecule has 13 heavy (non-hydrogen) atoms. The maximum atomic E-state index is 10.9. The van der Waals surface area contributed by atoms with E-state index in [0.29, 0.717) is 11.2 Å². The molecule has 1 fully saturated rings. The molecule has 1 saturated carbocycles. The third kappa shape index (κ3) is 3.56. The van der Waals surface area contributed by atoms with Crippen molar-refractivity contribution in [3.63, 3.8) is 0 Å². The van der Waals surface area contributed by atoms with E-state index >= 15 is 0 Å². The summed E-state index contributed by atoms with van der Waals surface area (Å²) in [7, 11) is 1.67. The van der Waals surface area contributed by atoms with E-state index < -0.39 is 0 Å². The monoisotopic (exact) mass is 202 g/mol. The maximum Gasteiger partial charge on any atom is 0.221 e. The molecule has 1 aliphatic carbocycles. The third-order valence-corrected chi connectivity index (χ3v) is 3.91. The van der Waals surface area contributed by atoms with E-state index in [1.165, 1.54) is 12.8 Å². The van der Waals surface area contributed by atoms with Crippen molar-refractivity contribution in [2.75, 3.05) is 26.4 Å². The average molecular weight is 202 g/mol. The molecule has 0 spiro atoms. The average Bonchev–Trinajstić information content (AvgIpc) is 2.93. The Morgan fingerprint density at radius 3 is 2.69 bits per heavy atom. The first-order valence-corrected chi connectivity index (χ1v) is 5.91. The summed E-state index contributed by atoms with van der Waals surface area (Å²) in [4.78, 5) is 10.9. The fraction of sp³-hybridized carbons (Fsp3) is 0.889. The molecule has 0 aliphatic heterocycles. The predicted molar refractivity (Wildman–Crippen MR) is 57.0 cm³/mol. The van der Waals surface area contributed by atoms with E-state index in [1.807, 2.05) is 11.8 Å². The van der Waals surface area contributed by atoms with Crippen molar-refractivity contribution in [3.05, 3.63) is 0 Å². The molecule has 4 heteroatoms. The van der Waals surface area contributed by atoms with Gasteiger partial charge in [-0.15, -0.1) is 0 Å². The number of rotatable bonds is 6. The zero-order valence-electron chi connectivity index (χ0n) is 8.35. The minimum absolute atomic E-state index is 0.112. The van der Waals surface area contributed by atoms with Gasteiger partial charge < -0.3 is 10.6 Å². The number of carbonyl (C=O) groups excluding carboxylic acids is 1. The quantitative estimate of drug-likeness (QED) is 0.620. The highest BCUT2D eigenvalue weighted by Crippen LogP contribution is 2.46. The van der Waals surface area contributed by atoms with Gasteiger partial charge in [0, 0.05) is 31.3 Å². The Kier molecular flexibility index (Phi) is 4.06. The summed E-state index contributed by atoms with van der Waals surface area (Å²) in [5.41, 5.74) is 0. The molecule has 2 N–H and O–H groups in total. The summed E-state index contributed by atoms with van der Waals surface area (Å²) in [6, 6.07) is 0. The van der Waals surface area contributed by atoms with Crippen LogP contribution in [0.3, 0.4) is 0 Å². The standard InChI is InChI=1S/C9H18N2OS/c1-10-8(12)3-6-11-7-9(13-2)4-5-9/h11H,3-7H2,1-2H3,(H,10,12). The zero-order valence-corrected chi connectivity index (χ0v) is 9.17. The fourth-order valence-corrected chi connectivity index (χ4v) is 1.99. The summed E-state index contributed by atoms with van der Waals surface area (Å²) in [5.74, 6) is 0.112. The highest BCUT2D eigenvalue weighted by molar-refractivity contribution is 8.00. The lowest BCUT2D eigenvalue weighted by molar-refractivity contribution is -0.120. The second-order valence-corrected chi connectivity index (χ2v) is 4.76. The van der Waals surface area contributed by atoms with Gasteiger partial charge in [0.15, 0.2) is 0 Å². The van der Waals surface area contributed by atoms with Crippen molar-refractivity contribution in [2.45, 2.75) is 24.0 Å². The second-order valence-electron chi connectivity index (χ2n) is 3.49. The highest BCUT2D eigenvalue weighted by Gasteiger charge is 2.41. The van der Waals surface area contributed by atoms with Gasteiger partial charge in [0.2, 0.25) is 5.91 Å². The molecule has 76 valence electrons. The van der Waals surface area contributed by atoms with Gasteiger partial charge in [-0.25, -0.2) is 0 Å². The van der Waals surface area contributed by atoms with Crippen molar-refractivity contribution in [1.29, 1.82) is 0 Å². The van der Waals surface area contributed by atoms with E-state index in [2.05, 4.69) is 16.9 Å². The van der Waals surface area contributed by atoms with Crippen LogP contribution in [0.2, 0.25) is 0 Å². The topological polar surface area (TPSA) is 41.1 Å². The summed E-state index contributed by atoms with van der Waals surface area (Å²) < 4.78 is 0.503. The Labute approximate surface area is 84.0 Å². The molecule has 3 nitrogen and oxygen atoms in total. The Morgan fingerprint density at radius 2 is 2.23 bits per heavy atom. The van der Waals surface area contributed by atoms with Gasteiger partial charge in [-0.05, 0) is 19.1 Å². The molecule has 1 amide bonds. The summed E-state index contributed by atoms with van der Waals surface area (Å²) >= 11 is 1.94. The molecule has 0 heterocycles. The maximum absolute atomic E-state index is 10.9. The van der Waals surface area contributed by atoms with Crippen molar-refractivity contribution < 1.29 is 4.79 Å². The molecule has 0 bridgehead atoms. The minimum atomic E-state index is 0.112. The van der Waals surface area contributed by atoms with Gasteiger partial charge in [-0.2, -0.15) is 11.8 Å². The van der Waals surface area contributed by atoms with Crippen LogP contribution in [-0.4, -0.2) is 37.0 Å². The van der Waals surface area contributed by atoms with Gasteiger partial charge in [0.1, 0.15) is 0 Å². The lowest BCUT2D eigenvalue weighted by Gasteiger charge is -2.12. The molecule has 0 atom stereocenters. The number of carbonyl (C=O) groups is 1.